The van der Waals surface area contributed by atoms with Crippen molar-refractivity contribution in [3.05, 3.63) is 0 Å². The van der Waals surface area contributed by atoms with E-state index in [0.29, 0.717) is 0 Å². The summed E-state index contributed by atoms with van der Waals surface area (Å²) in [5, 5.41) is 43.5. The first kappa shape index (κ1) is 24.7. The third-order valence-corrected chi connectivity index (χ3v) is 2.79. The van der Waals surface area contributed by atoms with Gasteiger partial charge in [0.25, 0.3) is 0 Å². The molecule has 0 aliphatic carbocycles. The summed E-state index contributed by atoms with van der Waals surface area (Å²) in [6.45, 7) is 5.08. The summed E-state index contributed by atoms with van der Waals surface area (Å²) in [6, 6.07) is 0. The normalized spacial score (nSPS) is 15.8. The Kier molecular flexibility index (Phi) is 19.1. The Labute approximate surface area is 138 Å². The van der Waals surface area contributed by atoms with Crippen LogP contribution in [0.2, 0.25) is 0 Å². The van der Waals surface area contributed by atoms with Crippen LogP contribution in [0.4, 0.5) is 0 Å². The minimum Gasteiger partial charge on any atom is -0.413 e. The van der Waals surface area contributed by atoms with Gasteiger partial charge in [-0.25, -0.2) is 0 Å². The highest BCUT2D eigenvalue weighted by molar-refractivity contribution is 6.17. The lowest BCUT2D eigenvalue weighted by Gasteiger charge is -2.22. The number of carbonyl (C=O) groups excluding carboxylic acids is 1. The van der Waals surface area contributed by atoms with Crippen molar-refractivity contribution < 1.29 is 39.6 Å². The number of aliphatic hydroxyl groups is 5. The maximum Gasteiger partial charge on any atom is 0.487 e. The average Bonchev–Trinajstić information content (AvgIpc) is 2.58. The van der Waals surface area contributed by atoms with Crippen molar-refractivity contribution in [2.45, 2.75) is 63.9 Å². The van der Waals surface area contributed by atoms with Crippen LogP contribution in [0.5, 0.6) is 0 Å². The van der Waals surface area contributed by atoms with Crippen molar-refractivity contribution in [2.75, 3.05) is 19.8 Å². The minimum absolute atomic E-state index is 0.0258. The van der Waals surface area contributed by atoms with E-state index in [9.17, 15) is 4.79 Å². The highest BCUT2D eigenvalue weighted by Crippen LogP contribution is 2.02. The molecule has 0 fully saturated rings. The van der Waals surface area contributed by atoms with E-state index in [4.69, 9.17) is 34.8 Å². The Morgan fingerprint density at radius 1 is 0.957 bits per heavy atom. The maximum atomic E-state index is 9.90. The lowest BCUT2D eigenvalue weighted by Crippen LogP contribution is -2.46. The minimum atomic E-state index is -1.79. The van der Waals surface area contributed by atoms with Gasteiger partial charge in [-0.3, -0.25) is 0 Å². The van der Waals surface area contributed by atoms with Crippen molar-refractivity contribution in [1.82, 2.24) is 0 Å². The highest BCUT2D eigenvalue weighted by atomic mass is 16.6. The van der Waals surface area contributed by atoms with E-state index in [1.54, 1.807) is 0 Å². The Balaban J connectivity index is 0. The Morgan fingerprint density at radius 3 is 1.78 bits per heavy atom. The van der Waals surface area contributed by atoms with Gasteiger partial charge in [0.1, 0.15) is 24.4 Å². The first-order chi connectivity index (χ1) is 11.0. The fourth-order valence-electron chi connectivity index (χ4n) is 1.22. The zero-order chi connectivity index (χ0) is 18.1. The Morgan fingerprint density at radius 2 is 1.43 bits per heavy atom. The van der Waals surface area contributed by atoms with Crippen molar-refractivity contribution in [2.24, 2.45) is 0 Å². The molecule has 0 saturated carbocycles. The second kappa shape index (κ2) is 17.8. The SMILES string of the molecule is CCCCO[B]OCCCC.O=C[C@H](O)[C@@H](O)[C@H](O)[C@H](O)CO. The van der Waals surface area contributed by atoms with Gasteiger partial charge in [-0.2, -0.15) is 0 Å². The summed E-state index contributed by atoms with van der Waals surface area (Å²) in [6.07, 6.45) is -2.29. The van der Waals surface area contributed by atoms with Gasteiger partial charge in [0.2, 0.25) is 0 Å². The molecule has 9 heteroatoms. The summed E-state index contributed by atoms with van der Waals surface area (Å²) in [7, 11) is 1.46. The van der Waals surface area contributed by atoms with Gasteiger partial charge in [-0.1, -0.05) is 26.7 Å². The van der Waals surface area contributed by atoms with Gasteiger partial charge in [0, 0.05) is 13.2 Å². The number of hydrogen-bond donors (Lipinski definition) is 5. The number of aliphatic hydroxyl groups excluding tert-OH is 5. The number of hydrogen-bond acceptors (Lipinski definition) is 8. The molecule has 23 heavy (non-hydrogen) atoms. The topological polar surface area (TPSA) is 137 Å². The number of rotatable bonds is 13. The van der Waals surface area contributed by atoms with Crippen LogP contribution < -0.4 is 0 Å². The third-order valence-electron chi connectivity index (χ3n) is 2.79. The molecule has 137 valence electrons. The van der Waals surface area contributed by atoms with E-state index in [1.165, 1.54) is 20.5 Å². The molecule has 8 nitrogen and oxygen atoms in total. The van der Waals surface area contributed by atoms with E-state index in [-0.39, 0.29) is 6.29 Å². The molecule has 0 bridgehead atoms. The second-order valence-electron chi connectivity index (χ2n) is 4.90. The summed E-state index contributed by atoms with van der Waals surface area (Å²) < 4.78 is 10.1. The molecule has 4 atom stereocenters. The molecular formula is C14H30BO8. The summed E-state index contributed by atoms with van der Waals surface area (Å²) in [5.74, 6) is 0. The zero-order valence-corrected chi connectivity index (χ0v) is 13.9. The smallest absolute Gasteiger partial charge is 0.413 e. The van der Waals surface area contributed by atoms with Crippen LogP contribution in [0.15, 0.2) is 0 Å². The lowest BCUT2D eigenvalue weighted by atomic mass is 10.0. The van der Waals surface area contributed by atoms with Crippen LogP contribution in [-0.2, 0) is 14.1 Å². The van der Waals surface area contributed by atoms with Gasteiger partial charge in [0.15, 0.2) is 6.29 Å². The molecular weight excluding hydrogens is 307 g/mol. The van der Waals surface area contributed by atoms with Crippen molar-refractivity contribution in [1.29, 1.82) is 0 Å². The predicted molar refractivity (Wildman–Crippen MR) is 84.7 cm³/mol. The standard InChI is InChI=1S/C8H18BO2.C6H12O6/c1-3-5-7-10-9-11-8-6-4-2;7-1-3(9)5(11)6(12)4(10)2-8/h3-8H2,1-2H3;1,3-6,8-12H,2H2/t;3-,4+,5+,6+/m.0/s1. The number of aldehydes is 1. The molecule has 0 aromatic rings. The first-order valence-corrected chi connectivity index (χ1v) is 7.79. The second-order valence-corrected chi connectivity index (χ2v) is 4.90. The van der Waals surface area contributed by atoms with Gasteiger partial charge in [-0.05, 0) is 12.8 Å². The molecule has 0 saturated heterocycles. The predicted octanol–water partition coefficient (Wildman–Crippen LogP) is -1.22. The van der Waals surface area contributed by atoms with Crippen molar-refractivity contribution in [3.8, 4) is 0 Å². The zero-order valence-electron chi connectivity index (χ0n) is 13.9. The molecule has 0 spiro atoms. The summed E-state index contributed by atoms with van der Waals surface area (Å²) >= 11 is 0. The van der Waals surface area contributed by atoms with Gasteiger partial charge in [0.05, 0.1) is 6.61 Å². The molecule has 0 unspecified atom stereocenters. The van der Waals surface area contributed by atoms with Gasteiger partial charge >= 0.3 is 7.69 Å². The molecule has 0 aromatic carbocycles. The monoisotopic (exact) mass is 337 g/mol. The van der Waals surface area contributed by atoms with E-state index in [0.717, 1.165) is 26.1 Å². The van der Waals surface area contributed by atoms with Crippen molar-refractivity contribution in [3.63, 3.8) is 0 Å². The van der Waals surface area contributed by atoms with E-state index < -0.39 is 31.0 Å². The highest BCUT2D eigenvalue weighted by Gasteiger charge is 2.29. The Bertz CT molecular complexity index is 249. The van der Waals surface area contributed by atoms with E-state index in [1.807, 2.05) is 0 Å². The number of carbonyl (C=O) groups is 1. The molecule has 0 aliphatic heterocycles. The molecule has 0 heterocycles. The van der Waals surface area contributed by atoms with Crippen LogP contribution in [0.25, 0.3) is 0 Å². The molecule has 0 aliphatic rings. The Hall–Kier alpha value is -0.545. The molecule has 0 rings (SSSR count). The molecule has 0 amide bonds. The maximum absolute atomic E-state index is 9.90. The first-order valence-electron chi connectivity index (χ1n) is 7.79. The van der Waals surface area contributed by atoms with Crippen LogP contribution >= 0.6 is 0 Å². The van der Waals surface area contributed by atoms with Gasteiger partial charge < -0.3 is 39.6 Å². The lowest BCUT2D eigenvalue weighted by molar-refractivity contribution is -0.136. The molecule has 0 aromatic heterocycles. The molecule has 1 radical (unpaired) electrons. The van der Waals surface area contributed by atoms with Crippen LogP contribution in [0, 0.1) is 0 Å². The average molecular weight is 337 g/mol. The molecule has 5 N–H and O–H groups in total. The fourth-order valence-corrected chi connectivity index (χ4v) is 1.22. The van der Waals surface area contributed by atoms with Crippen LogP contribution in [0.3, 0.4) is 0 Å². The van der Waals surface area contributed by atoms with Crippen LogP contribution in [-0.4, -0.2) is 83.7 Å². The van der Waals surface area contributed by atoms with Crippen molar-refractivity contribution >= 4 is 14.0 Å². The largest absolute Gasteiger partial charge is 0.487 e. The summed E-state index contributed by atoms with van der Waals surface area (Å²) in [4.78, 5) is 9.90. The van der Waals surface area contributed by atoms with Gasteiger partial charge in [-0.15, -0.1) is 0 Å². The van der Waals surface area contributed by atoms with E-state index >= 15 is 0 Å². The van der Waals surface area contributed by atoms with E-state index in [2.05, 4.69) is 13.8 Å². The van der Waals surface area contributed by atoms with Crippen LogP contribution in [0.1, 0.15) is 39.5 Å². The fraction of sp³-hybridized carbons (Fsp3) is 0.929. The quantitative estimate of drug-likeness (QED) is 0.160. The third kappa shape index (κ3) is 14.8. The number of unbranched alkanes of at least 4 members (excludes halogenated alkanes) is 2. The summed E-state index contributed by atoms with van der Waals surface area (Å²) in [5.41, 5.74) is 0.